The number of carbonyl (C=O) groups is 1. The summed E-state index contributed by atoms with van der Waals surface area (Å²) in [5, 5.41) is 0.891. The maximum atomic E-state index is 13.6. The fraction of sp³-hybridized carbons (Fsp3) is 0.938. The molecule has 0 saturated carbocycles. The average Bonchev–Trinajstić information content (AvgIpc) is 2.68. The van der Waals surface area contributed by atoms with Crippen LogP contribution in [0, 0.1) is 0 Å². The lowest BCUT2D eigenvalue weighted by Gasteiger charge is -2.42. The van der Waals surface area contributed by atoms with Gasteiger partial charge < -0.3 is 5.32 Å². The Bertz CT molecular complexity index is 728. The standard InChI is InChI=1S/C16H16F17NO/c1-2-3-4-5-6-7-34-8(35)9(17,18)10(19,20)11(21,22)12(23,24)13(25,26)14(27,28)15(29,30)16(31,32)33/h2-7H2,1H3,(H,34,35). The molecule has 0 saturated heterocycles. The number of unbranched alkanes of at least 4 members (excludes halogenated alkanes) is 4. The molecule has 19 heteroatoms. The summed E-state index contributed by atoms with van der Waals surface area (Å²) in [4.78, 5) is 11.2. The molecule has 1 amide bonds. The van der Waals surface area contributed by atoms with Crippen LogP contribution in [0.1, 0.15) is 39.0 Å². The van der Waals surface area contributed by atoms with Gasteiger partial charge in [0.25, 0.3) is 5.91 Å². The zero-order chi connectivity index (χ0) is 28.5. The molecule has 0 aliphatic heterocycles. The van der Waals surface area contributed by atoms with E-state index in [1.54, 1.807) is 6.92 Å². The second kappa shape index (κ2) is 9.97. The summed E-state index contributed by atoms with van der Waals surface area (Å²) in [5.74, 6) is -61.2. The van der Waals surface area contributed by atoms with E-state index < -0.39 is 60.1 Å². The van der Waals surface area contributed by atoms with Crippen LogP contribution in [0.5, 0.6) is 0 Å². The van der Waals surface area contributed by atoms with Crippen LogP contribution < -0.4 is 5.32 Å². The molecule has 0 spiro atoms. The van der Waals surface area contributed by atoms with Crippen molar-refractivity contribution in [3.8, 4) is 0 Å². The molecule has 0 unspecified atom stereocenters. The molecule has 0 aromatic heterocycles. The fourth-order valence-corrected chi connectivity index (χ4v) is 2.35. The lowest BCUT2D eigenvalue weighted by atomic mass is 9.89. The van der Waals surface area contributed by atoms with Crippen LogP contribution in [0.3, 0.4) is 0 Å². The molecule has 0 radical (unpaired) electrons. The quantitative estimate of drug-likeness (QED) is 0.189. The number of amides is 1. The van der Waals surface area contributed by atoms with Crippen molar-refractivity contribution in [1.82, 2.24) is 5.32 Å². The van der Waals surface area contributed by atoms with Crippen molar-refractivity contribution in [1.29, 1.82) is 0 Å². The Balaban J connectivity index is 6.19. The molecule has 0 aromatic carbocycles. The highest BCUT2D eigenvalue weighted by molar-refractivity contribution is 5.84. The minimum atomic E-state index is -8.71. The predicted molar refractivity (Wildman–Crippen MR) is 82.5 cm³/mol. The minimum absolute atomic E-state index is 0.152. The SMILES string of the molecule is CCCCCCCNC(=O)C(F)(F)C(F)(F)C(F)(F)C(F)(F)C(F)(F)C(F)(F)C(F)(F)C(F)(F)F. The van der Waals surface area contributed by atoms with Gasteiger partial charge in [-0.3, -0.25) is 4.79 Å². The summed E-state index contributed by atoms with van der Waals surface area (Å²) in [6.45, 7) is 0.770. The third-order valence-electron chi connectivity index (χ3n) is 4.57. The Hall–Kier alpha value is -1.72. The Kier molecular flexibility index (Phi) is 9.48. The first-order valence-corrected chi connectivity index (χ1v) is 9.23. The Morgan fingerprint density at radius 3 is 1.23 bits per heavy atom. The van der Waals surface area contributed by atoms with Crippen molar-refractivity contribution >= 4 is 5.91 Å². The molecule has 0 aliphatic rings. The van der Waals surface area contributed by atoms with Gasteiger partial charge in [-0.25, -0.2) is 0 Å². The minimum Gasteiger partial charge on any atom is -0.351 e. The third-order valence-corrected chi connectivity index (χ3v) is 4.57. The molecule has 0 aliphatic carbocycles. The van der Waals surface area contributed by atoms with Crippen molar-refractivity contribution in [3.05, 3.63) is 0 Å². The van der Waals surface area contributed by atoms with E-state index in [0.717, 1.165) is 5.32 Å². The summed E-state index contributed by atoms with van der Waals surface area (Å²) < 4.78 is 223. The molecule has 0 fully saturated rings. The monoisotopic (exact) mass is 561 g/mol. The smallest absolute Gasteiger partial charge is 0.351 e. The third kappa shape index (κ3) is 5.22. The number of alkyl halides is 17. The summed E-state index contributed by atoms with van der Waals surface area (Å²) in [6.07, 6.45) is -6.27. The average molecular weight is 561 g/mol. The molecule has 210 valence electrons. The molecule has 1 N–H and O–H groups in total. The first kappa shape index (κ1) is 33.3. The number of nitrogens with one attached hydrogen (secondary N) is 1. The maximum absolute atomic E-state index is 13.6. The molecule has 0 rings (SSSR count). The second-order valence-corrected chi connectivity index (χ2v) is 7.19. The molecule has 2 nitrogen and oxygen atoms in total. The van der Waals surface area contributed by atoms with E-state index in [0.29, 0.717) is 19.3 Å². The lowest BCUT2D eigenvalue weighted by Crippen LogP contribution is -2.75. The van der Waals surface area contributed by atoms with Crippen molar-refractivity contribution in [2.24, 2.45) is 0 Å². The second-order valence-electron chi connectivity index (χ2n) is 7.19. The van der Waals surface area contributed by atoms with Crippen molar-refractivity contribution in [2.45, 2.75) is 86.7 Å². The van der Waals surface area contributed by atoms with Crippen molar-refractivity contribution in [3.63, 3.8) is 0 Å². The molecular formula is C16H16F17NO. The van der Waals surface area contributed by atoms with E-state index in [9.17, 15) is 79.4 Å². The highest BCUT2D eigenvalue weighted by Crippen LogP contribution is 2.63. The van der Waals surface area contributed by atoms with Crippen LogP contribution in [0.25, 0.3) is 0 Å². The van der Waals surface area contributed by atoms with Gasteiger partial charge in [0.05, 0.1) is 0 Å². The van der Waals surface area contributed by atoms with Crippen LogP contribution in [-0.2, 0) is 4.79 Å². The molecule has 0 bridgehead atoms. The van der Waals surface area contributed by atoms with Gasteiger partial charge in [-0.05, 0) is 6.42 Å². The van der Waals surface area contributed by atoms with E-state index in [-0.39, 0.29) is 12.8 Å². The van der Waals surface area contributed by atoms with E-state index in [2.05, 4.69) is 0 Å². The molecule has 0 atom stereocenters. The van der Waals surface area contributed by atoms with Crippen LogP contribution in [-0.4, -0.2) is 60.1 Å². The Morgan fingerprint density at radius 1 is 0.514 bits per heavy atom. The van der Waals surface area contributed by atoms with Crippen LogP contribution >= 0.6 is 0 Å². The van der Waals surface area contributed by atoms with Gasteiger partial charge in [-0.2, -0.15) is 74.6 Å². The lowest BCUT2D eigenvalue weighted by molar-refractivity contribution is -0.459. The van der Waals surface area contributed by atoms with Gasteiger partial charge >= 0.3 is 47.6 Å². The van der Waals surface area contributed by atoms with E-state index in [1.807, 2.05) is 0 Å². The Morgan fingerprint density at radius 2 is 0.857 bits per heavy atom. The number of hydrogen-bond acceptors (Lipinski definition) is 1. The normalized spacial score (nSPS) is 15.4. The summed E-state index contributed by atoms with van der Waals surface area (Å²) >= 11 is 0. The van der Waals surface area contributed by atoms with Crippen LogP contribution in [0.2, 0.25) is 0 Å². The topological polar surface area (TPSA) is 29.1 Å². The van der Waals surface area contributed by atoms with Gasteiger partial charge in [-0.1, -0.05) is 32.6 Å². The Labute approximate surface area is 185 Å². The molecule has 0 aromatic rings. The van der Waals surface area contributed by atoms with Gasteiger partial charge in [0, 0.05) is 6.54 Å². The van der Waals surface area contributed by atoms with Gasteiger partial charge in [-0.15, -0.1) is 0 Å². The zero-order valence-electron chi connectivity index (χ0n) is 17.1. The zero-order valence-corrected chi connectivity index (χ0v) is 17.1. The van der Waals surface area contributed by atoms with E-state index in [1.165, 1.54) is 0 Å². The van der Waals surface area contributed by atoms with E-state index in [4.69, 9.17) is 0 Å². The number of hydrogen-bond donors (Lipinski definition) is 1. The predicted octanol–water partition coefficient (Wildman–Crippen LogP) is 7.08. The molecule has 0 heterocycles. The largest absolute Gasteiger partial charge is 0.460 e. The van der Waals surface area contributed by atoms with Crippen molar-refractivity contribution in [2.75, 3.05) is 6.54 Å². The van der Waals surface area contributed by atoms with Gasteiger partial charge in [0.2, 0.25) is 0 Å². The summed E-state index contributed by atoms with van der Waals surface area (Å²) in [6, 6.07) is 0. The van der Waals surface area contributed by atoms with Gasteiger partial charge in [0.1, 0.15) is 0 Å². The highest BCUT2D eigenvalue weighted by Gasteiger charge is 2.95. The van der Waals surface area contributed by atoms with Gasteiger partial charge in [0.15, 0.2) is 0 Å². The molecule has 35 heavy (non-hydrogen) atoms. The first-order valence-electron chi connectivity index (χ1n) is 9.23. The number of halogens is 17. The van der Waals surface area contributed by atoms with E-state index >= 15 is 0 Å². The van der Waals surface area contributed by atoms with Crippen LogP contribution in [0.4, 0.5) is 74.6 Å². The molecular weight excluding hydrogens is 545 g/mol. The summed E-state index contributed by atoms with van der Waals surface area (Å²) in [7, 11) is 0. The fourth-order valence-electron chi connectivity index (χ4n) is 2.35. The van der Waals surface area contributed by atoms with Crippen molar-refractivity contribution < 1.29 is 79.4 Å². The number of rotatable bonds is 13. The summed E-state index contributed by atoms with van der Waals surface area (Å²) in [5.41, 5.74) is 0. The first-order chi connectivity index (χ1) is 15.2. The maximum Gasteiger partial charge on any atom is 0.460 e. The number of carbonyl (C=O) groups excluding carboxylic acids is 1. The highest BCUT2D eigenvalue weighted by atomic mass is 19.4. The van der Waals surface area contributed by atoms with Crippen LogP contribution in [0.15, 0.2) is 0 Å².